The molecular formula is C17H28N2. The van der Waals surface area contributed by atoms with Crippen molar-refractivity contribution in [3.63, 3.8) is 0 Å². The standard InChI is InChI=1S/C17H28N2/c1-4-19-11-9-17(13-18,10-12-19)16-7-5-15(6-8-16)14(2)3/h5-8,14H,4,9-13,18H2,1-3H3. The Bertz CT molecular complexity index is 386. The van der Waals surface area contributed by atoms with Gasteiger partial charge in [-0.2, -0.15) is 0 Å². The minimum absolute atomic E-state index is 0.210. The fourth-order valence-electron chi connectivity index (χ4n) is 3.13. The number of piperidine rings is 1. The lowest BCUT2D eigenvalue weighted by Crippen LogP contribution is -2.46. The SMILES string of the molecule is CCN1CCC(CN)(c2ccc(C(C)C)cc2)CC1. The van der Waals surface area contributed by atoms with Gasteiger partial charge in [0, 0.05) is 12.0 Å². The summed E-state index contributed by atoms with van der Waals surface area (Å²) in [6, 6.07) is 9.18. The summed E-state index contributed by atoms with van der Waals surface area (Å²) in [6.45, 7) is 11.0. The zero-order valence-corrected chi connectivity index (χ0v) is 12.7. The highest BCUT2D eigenvalue weighted by atomic mass is 15.1. The van der Waals surface area contributed by atoms with Crippen LogP contribution in [-0.2, 0) is 5.41 Å². The third-order valence-electron chi connectivity index (χ3n) is 4.84. The van der Waals surface area contributed by atoms with E-state index < -0.39 is 0 Å². The van der Waals surface area contributed by atoms with E-state index in [2.05, 4.69) is 49.9 Å². The number of rotatable bonds is 4. The Kier molecular flexibility index (Phi) is 4.64. The van der Waals surface area contributed by atoms with Gasteiger partial charge in [-0.3, -0.25) is 0 Å². The van der Waals surface area contributed by atoms with Gasteiger partial charge < -0.3 is 10.6 Å². The fraction of sp³-hybridized carbons (Fsp3) is 0.647. The first-order valence-corrected chi connectivity index (χ1v) is 7.64. The highest BCUT2D eigenvalue weighted by Crippen LogP contribution is 2.35. The molecule has 1 aromatic rings. The first-order valence-electron chi connectivity index (χ1n) is 7.64. The maximum absolute atomic E-state index is 6.14. The molecule has 1 saturated heterocycles. The van der Waals surface area contributed by atoms with Gasteiger partial charge in [-0.1, -0.05) is 45.0 Å². The number of hydrogen-bond acceptors (Lipinski definition) is 2. The van der Waals surface area contributed by atoms with Crippen molar-refractivity contribution in [2.45, 2.75) is 44.9 Å². The summed E-state index contributed by atoms with van der Waals surface area (Å²) in [6.07, 6.45) is 2.39. The third-order valence-corrected chi connectivity index (χ3v) is 4.84. The molecule has 106 valence electrons. The second kappa shape index (κ2) is 6.06. The molecule has 2 heteroatoms. The van der Waals surface area contributed by atoms with Crippen molar-refractivity contribution in [2.75, 3.05) is 26.2 Å². The van der Waals surface area contributed by atoms with Gasteiger partial charge in [0.15, 0.2) is 0 Å². The lowest BCUT2D eigenvalue weighted by Gasteiger charge is -2.41. The largest absolute Gasteiger partial charge is 0.330 e. The average Bonchev–Trinajstić information content (AvgIpc) is 2.47. The molecule has 2 nitrogen and oxygen atoms in total. The highest BCUT2D eigenvalue weighted by molar-refractivity contribution is 5.31. The van der Waals surface area contributed by atoms with Gasteiger partial charge in [-0.05, 0) is 49.5 Å². The van der Waals surface area contributed by atoms with Crippen LogP contribution in [0.15, 0.2) is 24.3 Å². The van der Waals surface area contributed by atoms with Gasteiger partial charge >= 0.3 is 0 Å². The van der Waals surface area contributed by atoms with Gasteiger partial charge in [0.1, 0.15) is 0 Å². The topological polar surface area (TPSA) is 29.3 Å². The van der Waals surface area contributed by atoms with Crippen molar-refractivity contribution >= 4 is 0 Å². The lowest BCUT2D eigenvalue weighted by molar-refractivity contribution is 0.169. The van der Waals surface area contributed by atoms with E-state index in [-0.39, 0.29) is 5.41 Å². The van der Waals surface area contributed by atoms with Crippen LogP contribution in [0.25, 0.3) is 0 Å². The molecule has 0 spiro atoms. The van der Waals surface area contributed by atoms with Crippen LogP contribution in [0.4, 0.5) is 0 Å². The minimum Gasteiger partial charge on any atom is -0.330 e. The first kappa shape index (κ1) is 14.5. The van der Waals surface area contributed by atoms with Crippen LogP contribution in [0, 0.1) is 0 Å². The quantitative estimate of drug-likeness (QED) is 0.901. The Hall–Kier alpha value is -0.860. The van der Waals surface area contributed by atoms with E-state index in [1.54, 1.807) is 0 Å². The van der Waals surface area contributed by atoms with Crippen molar-refractivity contribution in [3.8, 4) is 0 Å². The maximum atomic E-state index is 6.14. The van der Waals surface area contributed by atoms with Gasteiger partial charge in [0.2, 0.25) is 0 Å². The van der Waals surface area contributed by atoms with E-state index in [0.717, 1.165) is 13.1 Å². The van der Waals surface area contributed by atoms with E-state index in [0.29, 0.717) is 5.92 Å². The average molecular weight is 260 g/mol. The smallest absolute Gasteiger partial charge is 0.00998 e. The van der Waals surface area contributed by atoms with Gasteiger partial charge in [0.25, 0.3) is 0 Å². The molecule has 0 aliphatic carbocycles. The molecule has 0 radical (unpaired) electrons. The minimum atomic E-state index is 0.210. The van der Waals surface area contributed by atoms with E-state index in [1.807, 2.05) is 0 Å². The van der Waals surface area contributed by atoms with Gasteiger partial charge in [0.05, 0.1) is 0 Å². The fourth-order valence-corrected chi connectivity index (χ4v) is 3.13. The second-order valence-corrected chi connectivity index (χ2v) is 6.20. The number of hydrogen-bond donors (Lipinski definition) is 1. The van der Waals surface area contributed by atoms with Crippen LogP contribution in [-0.4, -0.2) is 31.1 Å². The second-order valence-electron chi connectivity index (χ2n) is 6.20. The van der Waals surface area contributed by atoms with Gasteiger partial charge in [-0.15, -0.1) is 0 Å². The monoisotopic (exact) mass is 260 g/mol. The molecule has 0 atom stereocenters. The number of benzene rings is 1. The Morgan fingerprint density at radius 2 is 1.74 bits per heavy atom. The molecule has 0 amide bonds. The molecule has 0 bridgehead atoms. The molecule has 2 rings (SSSR count). The summed E-state index contributed by atoms with van der Waals surface area (Å²) >= 11 is 0. The molecule has 0 unspecified atom stereocenters. The predicted molar refractivity (Wildman–Crippen MR) is 82.6 cm³/mol. The van der Waals surface area contributed by atoms with E-state index in [9.17, 15) is 0 Å². The molecule has 1 fully saturated rings. The van der Waals surface area contributed by atoms with E-state index in [1.165, 1.54) is 37.1 Å². The summed E-state index contributed by atoms with van der Waals surface area (Å²) in [5.74, 6) is 0.602. The Balaban J connectivity index is 2.17. The Morgan fingerprint density at radius 1 is 1.16 bits per heavy atom. The predicted octanol–water partition coefficient (Wildman–Crippen LogP) is 3.12. The Labute approximate surface area is 118 Å². The van der Waals surface area contributed by atoms with Crippen molar-refractivity contribution in [1.82, 2.24) is 4.90 Å². The maximum Gasteiger partial charge on any atom is 0.00998 e. The van der Waals surface area contributed by atoms with Crippen molar-refractivity contribution in [3.05, 3.63) is 35.4 Å². The van der Waals surface area contributed by atoms with Crippen molar-refractivity contribution in [2.24, 2.45) is 5.73 Å². The first-order chi connectivity index (χ1) is 9.11. The molecule has 1 heterocycles. The molecule has 0 aromatic heterocycles. The Morgan fingerprint density at radius 3 is 2.16 bits per heavy atom. The molecule has 1 aliphatic rings. The molecule has 1 aliphatic heterocycles. The van der Waals surface area contributed by atoms with Gasteiger partial charge in [-0.25, -0.2) is 0 Å². The van der Waals surface area contributed by atoms with Crippen LogP contribution in [0.2, 0.25) is 0 Å². The van der Waals surface area contributed by atoms with E-state index in [4.69, 9.17) is 5.73 Å². The molecular weight excluding hydrogens is 232 g/mol. The lowest BCUT2D eigenvalue weighted by atomic mass is 9.72. The molecule has 1 aromatic carbocycles. The number of likely N-dealkylation sites (tertiary alicyclic amines) is 1. The summed E-state index contributed by atoms with van der Waals surface area (Å²) in [5, 5.41) is 0. The molecule has 2 N–H and O–H groups in total. The van der Waals surface area contributed by atoms with Crippen LogP contribution < -0.4 is 5.73 Å². The zero-order chi connectivity index (χ0) is 13.9. The van der Waals surface area contributed by atoms with E-state index >= 15 is 0 Å². The molecule has 19 heavy (non-hydrogen) atoms. The summed E-state index contributed by atoms with van der Waals surface area (Å²) < 4.78 is 0. The number of nitrogens with two attached hydrogens (primary N) is 1. The van der Waals surface area contributed by atoms with Crippen LogP contribution >= 0.6 is 0 Å². The van der Waals surface area contributed by atoms with Crippen LogP contribution in [0.1, 0.15) is 50.7 Å². The summed E-state index contributed by atoms with van der Waals surface area (Å²) in [7, 11) is 0. The number of nitrogens with zero attached hydrogens (tertiary/aromatic N) is 1. The molecule has 0 saturated carbocycles. The van der Waals surface area contributed by atoms with Crippen molar-refractivity contribution < 1.29 is 0 Å². The summed E-state index contributed by atoms with van der Waals surface area (Å²) in [4.78, 5) is 2.52. The van der Waals surface area contributed by atoms with Crippen molar-refractivity contribution in [1.29, 1.82) is 0 Å². The normalized spacial score (nSPS) is 19.8. The van der Waals surface area contributed by atoms with Crippen LogP contribution in [0.5, 0.6) is 0 Å². The summed E-state index contributed by atoms with van der Waals surface area (Å²) in [5.41, 5.74) is 9.20. The zero-order valence-electron chi connectivity index (χ0n) is 12.7. The van der Waals surface area contributed by atoms with Crippen LogP contribution in [0.3, 0.4) is 0 Å². The third kappa shape index (κ3) is 3.01. The highest BCUT2D eigenvalue weighted by Gasteiger charge is 2.34.